The molecule has 1 aliphatic rings. The maximum absolute atomic E-state index is 5.87. The zero-order valence-electron chi connectivity index (χ0n) is 15.8. The SMILES string of the molecule is COc1ccc(N2CCN(Cc3nnc(-c4cccc(C)c4)o3)CC2)cc1. The third kappa shape index (κ3) is 4.11. The second-order valence-electron chi connectivity index (χ2n) is 6.83. The Morgan fingerprint density at radius 2 is 1.78 bits per heavy atom. The fourth-order valence-corrected chi connectivity index (χ4v) is 3.36. The number of ether oxygens (including phenoxy) is 1. The van der Waals surface area contributed by atoms with Gasteiger partial charge in [0.25, 0.3) is 0 Å². The molecule has 0 atom stereocenters. The van der Waals surface area contributed by atoms with Crippen molar-refractivity contribution in [1.29, 1.82) is 0 Å². The number of aryl methyl sites for hydroxylation is 1. The molecule has 2 heterocycles. The topological polar surface area (TPSA) is 54.6 Å². The Morgan fingerprint density at radius 3 is 2.48 bits per heavy atom. The molecule has 4 rings (SSSR count). The predicted octanol–water partition coefficient (Wildman–Crippen LogP) is 3.38. The van der Waals surface area contributed by atoms with E-state index in [1.54, 1.807) is 7.11 Å². The van der Waals surface area contributed by atoms with Crippen molar-refractivity contribution in [3.8, 4) is 17.2 Å². The van der Waals surface area contributed by atoms with Crippen LogP contribution in [0.1, 0.15) is 11.5 Å². The average Bonchev–Trinajstić information content (AvgIpc) is 3.17. The van der Waals surface area contributed by atoms with Crippen molar-refractivity contribution < 1.29 is 9.15 Å². The summed E-state index contributed by atoms with van der Waals surface area (Å²) in [6, 6.07) is 16.4. The van der Waals surface area contributed by atoms with Gasteiger partial charge in [0.15, 0.2) is 0 Å². The van der Waals surface area contributed by atoms with Gasteiger partial charge in [-0.2, -0.15) is 0 Å². The van der Waals surface area contributed by atoms with E-state index in [0.29, 0.717) is 18.3 Å². The number of aromatic nitrogens is 2. The van der Waals surface area contributed by atoms with E-state index in [1.165, 1.54) is 11.3 Å². The molecule has 0 N–H and O–H groups in total. The van der Waals surface area contributed by atoms with Gasteiger partial charge in [0.1, 0.15) is 5.75 Å². The molecule has 0 radical (unpaired) electrons. The number of benzene rings is 2. The molecule has 0 unspecified atom stereocenters. The van der Waals surface area contributed by atoms with Crippen LogP contribution >= 0.6 is 0 Å². The first-order chi connectivity index (χ1) is 13.2. The fraction of sp³-hybridized carbons (Fsp3) is 0.333. The smallest absolute Gasteiger partial charge is 0.247 e. The molecule has 1 fully saturated rings. The maximum atomic E-state index is 5.87. The van der Waals surface area contributed by atoms with Gasteiger partial charge >= 0.3 is 0 Å². The number of methoxy groups -OCH3 is 1. The lowest BCUT2D eigenvalue weighted by atomic mass is 10.1. The second-order valence-corrected chi connectivity index (χ2v) is 6.83. The number of nitrogens with zero attached hydrogens (tertiary/aromatic N) is 4. The van der Waals surface area contributed by atoms with Crippen LogP contribution in [0.2, 0.25) is 0 Å². The zero-order chi connectivity index (χ0) is 18.6. The van der Waals surface area contributed by atoms with Crippen LogP contribution in [-0.4, -0.2) is 48.4 Å². The van der Waals surface area contributed by atoms with Crippen molar-refractivity contribution >= 4 is 5.69 Å². The second kappa shape index (κ2) is 7.80. The fourth-order valence-electron chi connectivity index (χ4n) is 3.36. The monoisotopic (exact) mass is 364 g/mol. The Kier molecular flexibility index (Phi) is 5.07. The molecule has 6 heteroatoms. The highest BCUT2D eigenvalue weighted by Crippen LogP contribution is 2.22. The quantitative estimate of drug-likeness (QED) is 0.692. The van der Waals surface area contributed by atoms with Crippen molar-refractivity contribution in [2.75, 3.05) is 38.2 Å². The van der Waals surface area contributed by atoms with Gasteiger partial charge in [-0.3, -0.25) is 4.90 Å². The summed E-state index contributed by atoms with van der Waals surface area (Å²) >= 11 is 0. The standard InChI is InChI=1S/C21H24N4O2/c1-16-4-3-5-17(14-16)21-23-22-20(27-21)15-24-10-12-25(13-11-24)18-6-8-19(26-2)9-7-18/h3-9,14H,10-13,15H2,1-2H3. The van der Waals surface area contributed by atoms with Gasteiger partial charge in [0.05, 0.1) is 13.7 Å². The third-order valence-corrected chi connectivity index (χ3v) is 4.90. The molecule has 0 bridgehead atoms. The minimum atomic E-state index is 0.588. The summed E-state index contributed by atoms with van der Waals surface area (Å²) in [5, 5.41) is 8.43. The van der Waals surface area contributed by atoms with Crippen molar-refractivity contribution in [3.05, 3.63) is 60.0 Å². The molecule has 0 aliphatic carbocycles. The lowest BCUT2D eigenvalue weighted by molar-refractivity contribution is 0.227. The largest absolute Gasteiger partial charge is 0.497 e. The summed E-state index contributed by atoms with van der Waals surface area (Å²) in [4.78, 5) is 4.75. The van der Waals surface area contributed by atoms with Gasteiger partial charge in [0, 0.05) is 37.4 Å². The number of hydrogen-bond acceptors (Lipinski definition) is 6. The summed E-state index contributed by atoms with van der Waals surface area (Å²) < 4.78 is 11.1. The molecule has 140 valence electrons. The first-order valence-corrected chi connectivity index (χ1v) is 9.22. The number of hydrogen-bond donors (Lipinski definition) is 0. The van der Waals surface area contributed by atoms with Crippen LogP contribution in [0.15, 0.2) is 52.9 Å². The van der Waals surface area contributed by atoms with Gasteiger partial charge < -0.3 is 14.1 Å². The molecule has 27 heavy (non-hydrogen) atoms. The summed E-state index contributed by atoms with van der Waals surface area (Å²) in [6.07, 6.45) is 0. The van der Waals surface area contributed by atoms with Crippen molar-refractivity contribution in [2.45, 2.75) is 13.5 Å². The van der Waals surface area contributed by atoms with E-state index in [4.69, 9.17) is 9.15 Å². The first kappa shape index (κ1) is 17.5. The highest BCUT2D eigenvalue weighted by molar-refractivity contribution is 5.53. The molecule has 2 aromatic carbocycles. The van der Waals surface area contributed by atoms with Crippen molar-refractivity contribution in [2.24, 2.45) is 0 Å². The Labute approximate surface area is 159 Å². The Hall–Kier alpha value is -2.86. The van der Waals surface area contributed by atoms with E-state index in [0.717, 1.165) is 37.5 Å². The van der Waals surface area contributed by atoms with Gasteiger partial charge in [-0.1, -0.05) is 17.7 Å². The van der Waals surface area contributed by atoms with E-state index < -0.39 is 0 Å². The van der Waals surface area contributed by atoms with Crippen molar-refractivity contribution in [3.63, 3.8) is 0 Å². The lowest BCUT2D eigenvalue weighted by Gasteiger charge is -2.35. The molecule has 1 aromatic heterocycles. The molecular formula is C21H24N4O2. The van der Waals surface area contributed by atoms with Crippen LogP contribution in [0.5, 0.6) is 5.75 Å². The lowest BCUT2D eigenvalue weighted by Crippen LogP contribution is -2.46. The first-order valence-electron chi connectivity index (χ1n) is 9.22. The van der Waals surface area contributed by atoms with Gasteiger partial charge in [-0.25, -0.2) is 0 Å². The summed E-state index contributed by atoms with van der Waals surface area (Å²) in [7, 11) is 1.69. The molecule has 0 spiro atoms. The highest BCUT2D eigenvalue weighted by atomic mass is 16.5. The number of piperazine rings is 1. The van der Waals surface area contributed by atoms with Crippen LogP contribution < -0.4 is 9.64 Å². The molecular weight excluding hydrogens is 340 g/mol. The van der Waals surface area contributed by atoms with E-state index in [1.807, 2.05) is 24.3 Å². The minimum Gasteiger partial charge on any atom is -0.497 e. The highest BCUT2D eigenvalue weighted by Gasteiger charge is 2.19. The van der Waals surface area contributed by atoms with E-state index in [9.17, 15) is 0 Å². The zero-order valence-corrected chi connectivity index (χ0v) is 15.8. The van der Waals surface area contributed by atoms with Crippen LogP contribution in [0.25, 0.3) is 11.5 Å². The van der Waals surface area contributed by atoms with Gasteiger partial charge in [0.2, 0.25) is 11.8 Å². The molecule has 0 amide bonds. The average molecular weight is 364 g/mol. The predicted molar refractivity (Wildman–Crippen MR) is 105 cm³/mol. The molecule has 1 aliphatic heterocycles. The number of rotatable bonds is 5. The Morgan fingerprint density at radius 1 is 1.00 bits per heavy atom. The van der Waals surface area contributed by atoms with Gasteiger partial charge in [-0.15, -0.1) is 10.2 Å². The number of anilines is 1. The molecule has 3 aromatic rings. The summed E-state index contributed by atoms with van der Waals surface area (Å²) in [5.74, 6) is 2.15. The van der Waals surface area contributed by atoms with E-state index in [2.05, 4.69) is 51.2 Å². The van der Waals surface area contributed by atoms with Gasteiger partial charge in [-0.05, 0) is 43.3 Å². The normalized spacial score (nSPS) is 15.1. The third-order valence-electron chi connectivity index (χ3n) is 4.90. The maximum Gasteiger partial charge on any atom is 0.247 e. The van der Waals surface area contributed by atoms with Crippen LogP contribution in [0, 0.1) is 6.92 Å². The molecule has 0 saturated carbocycles. The Balaban J connectivity index is 1.34. The Bertz CT molecular complexity index is 883. The summed E-state index contributed by atoms with van der Waals surface area (Å²) in [6.45, 7) is 6.64. The van der Waals surface area contributed by atoms with Crippen molar-refractivity contribution in [1.82, 2.24) is 15.1 Å². The molecule has 1 saturated heterocycles. The van der Waals surface area contributed by atoms with Crippen LogP contribution in [0.3, 0.4) is 0 Å². The minimum absolute atomic E-state index is 0.588. The van der Waals surface area contributed by atoms with Crippen LogP contribution in [0.4, 0.5) is 5.69 Å². The summed E-state index contributed by atoms with van der Waals surface area (Å²) in [5.41, 5.74) is 3.38. The van der Waals surface area contributed by atoms with Crippen LogP contribution in [-0.2, 0) is 6.54 Å². The molecule has 6 nitrogen and oxygen atoms in total. The van der Waals surface area contributed by atoms with E-state index in [-0.39, 0.29) is 0 Å². The van der Waals surface area contributed by atoms with E-state index >= 15 is 0 Å².